The van der Waals surface area contributed by atoms with Gasteiger partial charge in [0.15, 0.2) is 0 Å². The lowest BCUT2D eigenvalue weighted by Crippen LogP contribution is -2.08. The molecule has 0 aromatic heterocycles. The van der Waals surface area contributed by atoms with Crippen LogP contribution in [0.5, 0.6) is 0 Å². The number of nitrogens with one attached hydrogen (secondary N) is 2. The lowest BCUT2D eigenvalue weighted by atomic mass is 10.2. The van der Waals surface area contributed by atoms with Gasteiger partial charge in [0, 0.05) is 23.6 Å². The number of carbonyl (C=O) groups is 2. The number of hydrogen-bond acceptors (Lipinski definition) is 4. The average Bonchev–Trinajstić information content (AvgIpc) is 2.50. The number of carbonyl (C=O) groups excluding carboxylic acids is 2. The van der Waals surface area contributed by atoms with E-state index in [2.05, 4.69) is 10.6 Å². The molecule has 0 saturated carbocycles. The van der Waals surface area contributed by atoms with Crippen LogP contribution in [0.4, 0.5) is 11.4 Å². The van der Waals surface area contributed by atoms with Gasteiger partial charge in [0.25, 0.3) is 0 Å². The minimum atomic E-state index is -0.0920. The average molecular weight is 361 g/mol. The fourth-order valence-electron chi connectivity index (χ4n) is 2.18. The molecule has 2 amide bonds. The summed E-state index contributed by atoms with van der Waals surface area (Å²) in [6, 6.07) is 11.8. The highest BCUT2D eigenvalue weighted by Gasteiger charge is 2.12. The highest BCUT2D eigenvalue weighted by atomic mass is 33.1. The van der Waals surface area contributed by atoms with Gasteiger partial charge in [0.2, 0.25) is 11.8 Å². The van der Waals surface area contributed by atoms with Crippen molar-refractivity contribution in [3.8, 4) is 0 Å². The summed E-state index contributed by atoms with van der Waals surface area (Å²) in [6.45, 7) is 6.94. The summed E-state index contributed by atoms with van der Waals surface area (Å²) in [5.74, 6) is -0.184. The van der Waals surface area contributed by atoms with E-state index in [1.165, 1.54) is 13.8 Å². The van der Waals surface area contributed by atoms with Crippen molar-refractivity contribution in [3.05, 3.63) is 47.5 Å². The Kier molecular flexibility index (Phi) is 6.34. The van der Waals surface area contributed by atoms with Gasteiger partial charge in [-0.25, -0.2) is 0 Å². The van der Waals surface area contributed by atoms with Crippen LogP contribution >= 0.6 is 21.6 Å². The van der Waals surface area contributed by atoms with Gasteiger partial charge in [-0.3, -0.25) is 9.59 Å². The summed E-state index contributed by atoms with van der Waals surface area (Å²) in [7, 11) is 3.11. The Balaban J connectivity index is 2.26. The lowest BCUT2D eigenvalue weighted by Gasteiger charge is -2.14. The molecule has 6 heteroatoms. The van der Waals surface area contributed by atoms with Crippen LogP contribution in [-0.4, -0.2) is 11.8 Å². The molecule has 0 aliphatic heterocycles. The van der Waals surface area contributed by atoms with E-state index in [1.807, 2.05) is 50.2 Å². The first-order chi connectivity index (χ1) is 11.4. The van der Waals surface area contributed by atoms with Gasteiger partial charge in [-0.15, -0.1) is 0 Å². The summed E-state index contributed by atoms with van der Waals surface area (Å²) in [6.07, 6.45) is 0. The molecule has 0 aliphatic carbocycles. The van der Waals surface area contributed by atoms with Gasteiger partial charge in [0.05, 0.1) is 11.4 Å². The maximum Gasteiger partial charge on any atom is 0.221 e. The van der Waals surface area contributed by atoms with E-state index in [0.29, 0.717) is 0 Å². The minimum Gasteiger partial charge on any atom is -0.325 e. The molecule has 0 heterocycles. The molecule has 0 bridgehead atoms. The van der Waals surface area contributed by atoms with Gasteiger partial charge in [-0.05, 0) is 37.1 Å². The summed E-state index contributed by atoms with van der Waals surface area (Å²) in [5, 5.41) is 5.79. The largest absolute Gasteiger partial charge is 0.325 e. The molecule has 2 aromatic rings. The van der Waals surface area contributed by atoms with Crippen LogP contribution in [0, 0.1) is 13.8 Å². The summed E-state index contributed by atoms with van der Waals surface area (Å²) < 4.78 is 0. The molecule has 0 spiro atoms. The van der Waals surface area contributed by atoms with E-state index in [4.69, 9.17) is 0 Å². The quantitative estimate of drug-likeness (QED) is 0.735. The maximum atomic E-state index is 11.4. The Bertz CT molecular complexity index is 710. The van der Waals surface area contributed by atoms with Crippen molar-refractivity contribution in [2.24, 2.45) is 0 Å². The van der Waals surface area contributed by atoms with E-state index in [1.54, 1.807) is 21.6 Å². The van der Waals surface area contributed by atoms with Crippen molar-refractivity contribution in [2.45, 2.75) is 37.5 Å². The number of hydrogen-bond donors (Lipinski definition) is 2. The second kappa shape index (κ2) is 8.26. The highest BCUT2D eigenvalue weighted by Crippen LogP contribution is 2.45. The molecule has 2 N–H and O–H groups in total. The third-order valence-electron chi connectivity index (χ3n) is 3.29. The smallest absolute Gasteiger partial charge is 0.221 e. The standard InChI is InChI=1S/C18H20N2O2S2/c1-11-7-5-9-15(17(11)19-13(3)21)23-24-16-10-6-8-12(2)18(16)20-14(4)22/h5-10H,1-4H3,(H,19,21)(H,20,22). The van der Waals surface area contributed by atoms with Crippen LogP contribution in [0.1, 0.15) is 25.0 Å². The van der Waals surface area contributed by atoms with Crippen molar-refractivity contribution < 1.29 is 9.59 Å². The Morgan fingerprint density at radius 3 is 1.46 bits per heavy atom. The molecule has 126 valence electrons. The summed E-state index contributed by atoms with van der Waals surface area (Å²) in [5.41, 5.74) is 3.69. The van der Waals surface area contributed by atoms with E-state index in [0.717, 1.165) is 32.3 Å². The first-order valence-electron chi connectivity index (χ1n) is 7.47. The van der Waals surface area contributed by atoms with E-state index < -0.39 is 0 Å². The number of anilines is 2. The molecular formula is C18H20N2O2S2. The van der Waals surface area contributed by atoms with Crippen molar-refractivity contribution >= 4 is 44.8 Å². The predicted octanol–water partition coefficient (Wildman–Crippen LogP) is 5.02. The number of rotatable bonds is 5. The lowest BCUT2D eigenvalue weighted by molar-refractivity contribution is -0.115. The molecule has 0 aliphatic rings. The van der Waals surface area contributed by atoms with Gasteiger partial charge >= 0.3 is 0 Å². The normalized spacial score (nSPS) is 10.3. The molecule has 4 nitrogen and oxygen atoms in total. The number of aryl methyl sites for hydroxylation is 2. The van der Waals surface area contributed by atoms with Crippen LogP contribution in [0.25, 0.3) is 0 Å². The molecule has 0 atom stereocenters. The zero-order valence-electron chi connectivity index (χ0n) is 14.1. The highest BCUT2D eigenvalue weighted by molar-refractivity contribution is 8.76. The van der Waals surface area contributed by atoms with Crippen LogP contribution in [-0.2, 0) is 9.59 Å². The minimum absolute atomic E-state index is 0.0920. The molecule has 24 heavy (non-hydrogen) atoms. The predicted molar refractivity (Wildman–Crippen MR) is 103 cm³/mol. The SMILES string of the molecule is CC(=O)Nc1c(C)cccc1SSc1cccc(C)c1NC(C)=O. The second-order valence-electron chi connectivity index (χ2n) is 5.43. The van der Waals surface area contributed by atoms with Crippen molar-refractivity contribution in [3.63, 3.8) is 0 Å². The monoisotopic (exact) mass is 360 g/mol. The Morgan fingerprint density at radius 2 is 1.12 bits per heavy atom. The van der Waals surface area contributed by atoms with Gasteiger partial charge in [-0.2, -0.15) is 0 Å². The molecule has 0 radical (unpaired) electrons. The fourth-order valence-corrected chi connectivity index (χ4v) is 4.59. The third kappa shape index (κ3) is 4.79. The van der Waals surface area contributed by atoms with E-state index in [-0.39, 0.29) is 11.8 Å². The molecule has 2 aromatic carbocycles. The van der Waals surface area contributed by atoms with E-state index in [9.17, 15) is 9.59 Å². The zero-order valence-corrected chi connectivity index (χ0v) is 15.7. The number of benzene rings is 2. The van der Waals surface area contributed by atoms with Crippen molar-refractivity contribution in [2.75, 3.05) is 10.6 Å². The Morgan fingerprint density at radius 1 is 0.750 bits per heavy atom. The Hall–Kier alpha value is -1.92. The van der Waals surface area contributed by atoms with Crippen LogP contribution in [0.2, 0.25) is 0 Å². The van der Waals surface area contributed by atoms with Crippen molar-refractivity contribution in [1.29, 1.82) is 0 Å². The summed E-state index contributed by atoms with van der Waals surface area (Å²) >= 11 is 0. The molecule has 0 saturated heterocycles. The van der Waals surface area contributed by atoms with Crippen LogP contribution in [0.15, 0.2) is 46.2 Å². The number of para-hydroxylation sites is 2. The second-order valence-corrected chi connectivity index (χ2v) is 7.64. The fraction of sp³-hybridized carbons (Fsp3) is 0.222. The van der Waals surface area contributed by atoms with Gasteiger partial charge < -0.3 is 10.6 Å². The molecule has 0 fully saturated rings. The van der Waals surface area contributed by atoms with Crippen molar-refractivity contribution in [1.82, 2.24) is 0 Å². The van der Waals surface area contributed by atoms with Gasteiger partial charge in [-0.1, -0.05) is 45.9 Å². The third-order valence-corrected chi connectivity index (χ3v) is 5.74. The molecular weight excluding hydrogens is 340 g/mol. The first-order valence-corrected chi connectivity index (χ1v) is 9.62. The topological polar surface area (TPSA) is 58.2 Å². The maximum absolute atomic E-state index is 11.4. The first kappa shape index (κ1) is 18.4. The number of amides is 2. The van der Waals surface area contributed by atoms with Crippen LogP contribution in [0.3, 0.4) is 0 Å². The molecule has 0 unspecified atom stereocenters. The Labute approximate surface area is 150 Å². The zero-order chi connectivity index (χ0) is 17.7. The van der Waals surface area contributed by atoms with E-state index >= 15 is 0 Å². The van der Waals surface area contributed by atoms with Gasteiger partial charge in [0.1, 0.15) is 0 Å². The van der Waals surface area contributed by atoms with Crippen LogP contribution < -0.4 is 10.6 Å². The molecule has 2 rings (SSSR count). The summed E-state index contributed by atoms with van der Waals surface area (Å²) in [4.78, 5) is 24.8.